The van der Waals surface area contributed by atoms with Crippen LogP contribution in [0.4, 0.5) is 0 Å². The quantitative estimate of drug-likeness (QED) is 0.777. The van der Waals surface area contributed by atoms with Gasteiger partial charge in [-0.1, -0.05) is 25.0 Å². The van der Waals surface area contributed by atoms with Gasteiger partial charge in [-0.3, -0.25) is 4.79 Å². The predicted octanol–water partition coefficient (Wildman–Crippen LogP) is 4.22. The molecule has 1 saturated carbocycles. The number of carbonyl (C=O) groups excluding carboxylic acids is 1. The fourth-order valence-corrected chi connectivity index (χ4v) is 5.34. The van der Waals surface area contributed by atoms with Crippen molar-refractivity contribution in [1.82, 2.24) is 4.90 Å². The molecule has 1 heterocycles. The summed E-state index contributed by atoms with van der Waals surface area (Å²) in [5, 5.41) is 11.5. The van der Waals surface area contributed by atoms with E-state index in [-0.39, 0.29) is 17.9 Å². The summed E-state index contributed by atoms with van der Waals surface area (Å²) in [5.74, 6) is 1.77. The average Bonchev–Trinajstić information content (AvgIpc) is 2.82. The number of fused-ring (bicyclic) bond motifs is 1. The van der Waals surface area contributed by atoms with Crippen molar-refractivity contribution in [2.45, 2.75) is 43.7 Å². The van der Waals surface area contributed by atoms with Crippen LogP contribution in [0.25, 0.3) is 0 Å². The normalized spacial score (nSPS) is 25.5. The Morgan fingerprint density at radius 1 is 1.00 bits per heavy atom. The third-order valence-corrected chi connectivity index (χ3v) is 6.92. The molecule has 0 spiro atoms. The van der Waals surface area contributed by atoms with Gasteiger partial charge in [0.1, 0.15) is 17.2 Å². The molecule has 1 amide bonds. The Kier molecular flexibility index (Phi) is 6.10. The Labute approximate surface area is 183 Å². The molecule has 1 saturated heterocycles. The van der Waals surface area contributed by atoms with Crippen LogP contribution >= 0.6 is 0 Å². The van der Waals surface area contributed by atoms with E-state index in [1.54, 1.807) is 33.5 Å². The number of carbonyl (C=O) groups is 1. The predicted molar refractivity (Wildman–Crippen MR) is 118 cm³/mol. The Morgan fingerprint density at radius 2 is 1.77 bits per heavy atom. The van der Waals surface area contributed by atoms with Gasteiger partial charge in [0.2, 0.25) is 0 Å². The number of rotatable bonds is 5. The molecule has 0 radical (unpaired) electrons. The van der Waals surface area contributed by atoms with Gasteiger partial charge in [-0.05, 0) is 49.6 Å². The smallest absolute Gasteiger partial charge is 0.258 e. The van der Waals surface area contributed by atoms with Gasteiger partial charge in [-0.15, -0.1) is 0 Å². The van der Waals surface area contributed by atoms with Crippen molar-refractivity contribution >= 4 is 5.91 Å². The summed E-state index contributed by atoms with van der Waals surface area (Å²) in [6, 6.07) is 12.6. The lowest BCUT2D eigenvalue weighted by Gasteiger charge is -2.52. The van der Waals surface area contributed by atoms with E-state index in [1.165, 1.54) is 0 Å². The SMILES string of the molecule is COc1ccc(OC)c([C@H]2[C@H]3CCCC[C@]3(O)CCN2C(=O)c2ccccc2OC)c1. The van der Waals surface area contributed by atoms with Crippen LogP contribution in [0.3, 0.4) is 0 Å². The second kappa shape index (κ2) is 8.79. The van der Waals surface area contributed by atoms with Crippen molar-refractivity contribution in [3.8, 4) is 17.2 Å². The zero-order chi connectivity index (χ0) is 22.0. The molecule has 2 aliphatic rings. The zero-order valence-corrected chi connectivity index (χ0v) is 18.5. The van der Waals surface area contributed by atoms with Gasteiger partial charge in [0, 0.05) is 18.0 Å². The first-order valence-electron chi connectivity index (χ1n) is 10.9. The highest BCUT2D eigenvalue weighted by Crippen LogP contribution is 2.51. The lowest BCUT2D eigenvalue weighted by Crippen LogP contribution is -2.56. The first-order valence-corrected chi connectivity index (χ1v) is 10.9. The van der Waals surface area contributed by atoms with Crippen LogP contribution in [-0.2, 0) is 0 Å². The molecule has 3 atom stereocenters. The molecule has 1 N–H and O–H groups in total. The van der Waals surface area contributed by atoms with Gasteiger partial charge in [0.25, 0.3) is 5.91 Å². The van der Waals surface area contributed by atoms with Crippen LogP contribution in [0.1, 0.15) is 54.1 Å². The second-order valence-electron chi connectivity index (χ2n) is 8.46. The molecule has 2 aromatic rings. The Balaban J connectivity index is 1.84. The zero-order valence-electron chi connectivity index (χ0n) is 18.5. The van der Waals surface area contributed by atoms with Crippen molar-refractivity contribution < 1.29 is 24.1 Å². The molecule has 6 nitrogen and oxygen atoms in total. The Hall–Kier alpha value is -2.73. The molecule has 4 rings (SSSR count). The van der Waals surface area contributed by atoms with E-state index in [1.807, 2.05) is 35.2 Å². The molecule has 1 aliphatic carbocycles. The van der Waals surface area contributed by atoms with E-state index in [2.05, 4.69) is 0 Å². The minimum absolute atomic E-state index is 0.0744. The number of likely N-dealkylation sites (tertiary alicyclic amines) is 1. The number of aliphatic hydroxyl groups is 1. The number of piperidine rings is 1. The van der Waals surface area contributed by atoms with Gasteiger partial charge < -0.3 is 24.2 Å². The standard InChI is InChI=1S/C25H31NO5/c1-29-17-11-12-22(31-3)19(16-17)23-20-9-6-7-13-25(20,28)14-15-26(23)24(27)18-8-4-5-10-21(18)30-2/h4-5,8,10-12,16,20,23,28H,6-7,9,13-15H2,1-3H3/t20-,23+,25+/m1/s1. The molecule has 0 unspecified atom stereocenters. The van der Waals surface area contributed by atoms with Gasteiger partial charge in [0.15, 0.2) is 0 Å². The number of hydrogen-bond donors (Lipinski definition) is 1. The van der Waals surface area contributed by atoms with Crippen molar-refractivity contribution in [3.63, 3.8) is 0 Å². The lowest BCUT2D eigenvalue weighted by atomic mass is 9.66. The Morgan fingerprint density at radius 3 is 2.52 bits per heavy atom. The third kappa shape index (κ3) is 3.85. The van der Waals surface area contributed by atoms with E-state index in [0.717, 1.165) is 31.2 Å². The van der Waals surface area contributed by atoms with Crippen LogP contribution < -0.4 is 14.2 Å². The van der Waals surface area contributed by atoms with Crippen molar-refractivity contribution in [2.75, 3.05) is 27.9 Å². The van der Waals surface area contributed by atoms with Crippen LogP contribution in [0.5, 0.6) is 17.2 Å². The molecule has 0 bridgehead atoms. The number of benzene rings is 2. The summed E-state index contributed by atoms with van der Waals surface area (Å²) in [4.78, 5) is 15.7. The van der Waals surface area contributed by atoms with Gasteiger partial charge >= 0.3 is 0 Å². The summed E-state index contributed by atoms with van der Waals surface area (Å²) in [7, 11) is 4.83. The highest BCUT2D eigenvalue weighted by molar-refractivity contribution is 5.97. The summed E-state index contributed by atoms with van der Waals surface area (Å²) in [6.45, 7) is 0.467. The van der Waals surface area contributed by atoms with Crippen LogP contribution in [0.2, 0.25) is 0 Å². The maximum Gasteiger partial charge on any atom is 0.258 e. The largest absolute Gasteiger partial charge is 0.497 e. The third-order valence-electron chi connectivity index (χ3n) is 6.92. The fraction of sp³-hybridized carbons (Fsp3) is 0.480. The summed E-state index contributed by atoms with van der Waals surface area (Å²) >= 11 is 0. The number of nitrogens with zero attached hydrogens (tertiary/aromatic N) is 1. The minimum Gasteiger partial charge on any atom is -0.497 e. The minimum atomic E-state index is -0.783. The number of para-hydroxylation sites is 1. The molecular weight excluding hydrogens is 394 g/mol. The first kappa shape index (κ1) is 21.5. The van der Waals surface area contributed by atoms with Crippen LogP contribution in [-0.4, -0.2) is 49.4 Å². The maximum atomic E-state index is 13.8. The monoisotopic (exact) mass is 425 g/mol. The average molecular weight is 426 g/mol. The summed E-state index contributed by atoms with van der Waals surface area (Å²) in [5.41, 5.74) is 0.613. The Bertz CT molecular complexity index is 945. The molecule has 0 aromatic heterocycles. The lowest BCUT2D eigenvalue weighted by molar-refractivity contribution is -0.115. The number of ether oxygens (including phenoxy) is 3. The molecule has 1 aliphatic heterocycles. The number of amides is 1. The molecule has 6 heteroatoms. The molecule has 31 heavy (non-hydrogen) atoms. The highest BCUT2D eigenvalue weighted by atomic mass is 16.5. The van der Waals surface area contributed by atoms with E-state index >= 15 is 0 Å². The van der Waals surface area contributed by atoms with Crippen LogP contribution in [0.15, 0.2) is 42.5 Å². The van der Waals surface area contributed by atoms with Gasteiger partial charge in [-0.2, -0.15) is 0 Å². The molecule has 2 fully saturated rings. The topological polar surface area (TPSA) is 68.2 Å². The molecule has 166 valence electrons. The van der Waals surface area contributed by atoms with E-state index in [4.69, 9.17) is 14.2 Å². The van der Waals surface area contributed by atoms with Crippen LogP contribution in [0, 0.1) is 5.92 Å². The van der Waals surface area contributed by atoms with E-state index < -0.39 is 5.60 Å². The second-order valence-corrected chi connectivity index (χ2v) is 8.46. The first-order chi connectivity index (χ1) is 15.0. The highest BCUT2D eigenvalue weighted by Gasteiger charge is 2.51. The molecule has 2 aromatic carbocycles. The summed E-state index contributed by atoms with van der Waals surface area (Å²) < 4.78 is 16.6. The van der Waals surface area contributed by atoms with Gasteiger partial charge in [0.05, 0.1) is 38.5 Å². The van der Waals surface area contributed by atoms with Crippen molar-refractivity contribution in [1.29, 1.82) is 0 Å². The van der Waals surface area contributed by atoms with E-state index in [9.17, 15) is 9.90 Å². The maximum absolute atomic E-state index is 13.8. The number of hydrogen-bond acceptors (Lipinski definition) is 5. The summed E-state index contributed by atoms with van der Waals surface area (Å²) in [6.07, 6.45) is 4.23. The van der Waals surface area contributed by atoms with Crippen molar-refractivity contribution in [3.05, 3.63) is 53.6 Å². The number of methoxy groups -OCH3 is 3. The molecular formula is C25H31NO5. The van der Waals surface area contributed by atoms with Gasteiger partial charge in [-0.25, -0.2) is 0 Å². The fourth-order valence-electron chi connectivity index (χ4n) is 5.34. The van der Waals surface area contributed by atoms with E-state index in [0.29, 0.717) is 35.8 Å². The van der Waals surface area contributed by atoms with Crippen molar-refractivity contribution in [2.24, 2.45) is 5.92 Å².